The first kappa shape index (κ1) is 11.8. The highest BCUT2D eigenvalue weighted by Gasteiger charge is 2.40. The van der Waals surface area contributed by atoms with Crippen molar-refractivity contribution in [3.63, 3.8) is 0 Å². The van der Waals surface area contributed by atoms with Gasteiger partial charge in [-0.2, -0.15) is 0 Å². The second-order valence-electron chi connectivity index (χ2n) is 6.45. The predicted molar refractivity (Wildman–Crippen MR) is 73.0 cm³/mol. The van der Waals surface area contributed by atoms with E-state index in [4.69, 9.17) is 0 Å². The van der Waals surface area contributed by atoms with Crippen LogP contribution >= 0.6 is 0 Å². The Bertz CT molecular complexity index is 294. The molecule has 1 nitrogen and oxygen atoms in total. The smallest absolute Gasteiger partial charge is 0.0282 e. The maximum Gasteiger partial charge on any atom is 0.0282 e. The maximum absolute atomic E-state index is 3.74. The van der Waals surface area contributed by atoms with E-state index in [1.165, 1.54) is 38.5 Å². The summed E-state index contributed by atoms with van der Waals surface area (Å²) in [7, 11) is 0. The summed E-state index contributed by atoms with van der Waals surface area (Å²) in [5, 5.41) is 3.74. The molecule has 96 valence electrons. The van der Waals surface area contributed by atoms with Crippen LogP contribution in [0.4, 0.5) is 0 Å². The summed E-state index contributed by atoms with van der Waals surface area (Å²) in [5.74, 6) is 3.23. The van der Waals surface area contributed by atoms with Gasteiger partial charge in [0.05, 0.1) is 0 Å². The van der Waals surface area contributed by atoms with E-state index >= 15 is 0 Å². The zero-order valence-corrected chi connectivity index (χ0v) is 11.3. The minimum atomic E-state index is 0.715. The van der Waals surface area contributed by atoms with Crippen LogP contribution < -0.4 is 5.32 Å². The first-order chi connectivity index (χ1) is 8.36. The highest BCUT2D eigenvalue weighted by atomic mass is 14.9. The van der Waals surface area contributed by atoms with Crippen molar-refractivity contribution in [3.8, 4) is 0 Å². The molecule has 3 rings (SSSR count). The average molecular weight is 233 g/mol. The molecule has 0 aliphatic heterocycles. The first-order valence-electron chi connectivity index (χ1n) is 7.79. The van der Waals surface area contributed by atoms with Crippen molar-refractivity contribution in [1.29, 1.82) is 0 Å². The molecule has 0 amide bonds. The molecule has 4 atom stereocenters. The molecule has 1 N–H and O–H groups in total. The van der Waals surface area contributed by atoms with Gasteiger partial charge in [-0.15, -0.1) is 0 Å². The second-order valence-corrected chi connectivity index (χ2v) is 6.45. The van der Waals surface area contributed by atoms with E-state index in [1.807, 2.05) is 0 Å². The molecule has 2 bridgehead atoms. The van der Waals surface area contributed by atoms with Crippen molar-refractivity contribution in [1.82, 2.24) is 5.32 Å². The van der Waals surface area contributed by atoms with Crippen molar-refractivity contribution in [2.24, 2.45) is 17.8 Å². The summed E-state index contributed by atoms with van der Waals surface area (Å²) in [4.78, 5) is 0. The number of nitrogens with one attached hydrogen (secondary N) is 1. The van der Waals surface area contributed by atoms with Crippen LogP contribution in [0, 0.1) is 17.8 Å². The fraction of sp³-hybridized carbons (Fsp3) is 0.875. The second kappa shape index (κ2) is 5.14. The van der Waals surface area contributed by atoms with E-state index in [0.29, 0.717) is 6.04 Å². The van der Waals surface area contributed by atoms with Gasteiger partial charge >= 0.3 is 0 Å². The average Bonchev–Trinajstić information content (AvgIpc) is 3.06. The number of fused-ring (bicyclic) bond motifs is 2. The van der Waals surface area contributed by atoms with Gasteiger partial charge in [0.1, 0.15) is 0 Å². The Balaban J connectivity index is 1.60. The lowest BCUT2D eigenvalue weighted by Crippen LogP contribution is -2.33. The van der Waals surface area contributed by atoms with Crippen LogP contribution in [-0.4, -0.2) is 12.6 Å². The van der Waals surface area contributed by atoms with E-state index in [1.54, 1.807) is 18.4 Å². The molecular formula is C16H27N. The molecular weight excluding hydrogens is 206 g/mol. The Morgan fingerprint density at radius 2 is 2.29 bits per heavy atom. The van der Waals surface area contributed by atoms with Gasteiger partial charge in [0.15, 0.2) is 0 Å². The Labute approximate surface area is 106 Å². The summed E-state index contributed by atoms with van der Waals surface area (Å²) >= 11 is 0. The molecule has 17 heavy (non-hydrogen) atoms. The third-order valence-corrected chi connectivity index (χ3v) is 5.40. The SMILES string of the molecule is CCNC(CC1CC2CCC1C2)C1=CCCC1. The third kappa shape index (κ3) is 2.45. The van der Waals surface area contributed by atoms with Crippen LogP contribution in [0.5, 0.6) is 0 Å². The van der Waals surface area contributed by atoms with Crippen LogP contribution in [0.2, 0.25) is 0 Å². The molecule has 0 aromatic carbocycles. The summed E-state index contributed by atoms with van der Waals surface area (Å²) in [6.45, 7) is 3.38. The molecule has 2 saturated carbocycles. The summed E-state index contributed by atoms with van der Waals surface area (Å²) in [5.41, 5.74) is 1.73. The summed E-state index contributed by atoms with van der Waals surface area (Å²) in [6.07, 6.45) is 14.2. The van der Waals surface area contributed by atoms with Crippen molar-refractivity contribution in [2.45, 2.75) is 64.3 Å². The van der Waals surface area contributed by atoms with E-state index < -0.39 is 0 Å². The van der Waals surface area contributed by atoms with Crippen molar-refractivity contribution in [3.05, 3.63) is 11.6 Å². The molecule has 0 aromatic heterocycles. The van der Waals surface area contributed by atoms with Gasteiger partial charge in [-0.1, -0.05) is 25.0 Å². The predicted octanol–water partition coefficient (Wildman–Crippen LogP) is 3.90. The van der Waals surface area contributed by atoms with Gasteiger partial charge in [-0.25, -0.2) is 0 Å². The van der Waals surface area contributed by atoms with Crippen LogP contribution in [0.1, 0.15) is 58.3 Å². The highest BCUT2D eigenvalue weighted by Crippen LogP contribution is 2.50. The van der Waals surface area contributed by atoms with E-state index in [-0.39, 0.29) is 0 Å². The molecule has 0 aromatic rings. The normalized spacial score (nSPS) is 37.5. The first-order valence-corrected chi connectivity index (χ1v) is 7.79. The summed E-state index contributed by atoms with van der Waals surface area (Å²) < 4.78 is 0. The van der Waals surface area contributed by atoms with E-state index in [2.05, 4.69) is 18.3 Å². The van der Waals surface area contributed by atoms with Crippen LogP contribution in [0.3, 0.4) is 0 Å². The van der Waals surface area contributed by atoms with Crippen molar-refractivity contribution in [2.75, 3.05) is 6.54 Å². The molecule has 4 unspecified atom stereocenters. The Hall–Kier alpha value is -0.300. The van der Waals surface area contributed by atoms with E-state index in [9.17, 15) is 0 Å². The molecule has 0 radical (unpaired) electrons. The molecule has 0 spiro atoms. The minimum Gasteiger partial charge on any atom is -0.311 e. The third-order valence-electron chi connectivity index (χ3n) is 5.40. The zero-order chi connectivity index (χ0) is 11.7. The zero-order valence-electron chi connectivity index (χ0n) is 11.3. The van der Waals surface area contributed by atoms with Gasteiger partial charge in [0.25, 0.3) is 0 Å². The topological polar surface area (TPSA) is 12.0 Å². The lowest BCUT2D eigenvalue weighted by molar-refractivity contribution is 0.289. The molecule has 0 heterocycles. The summed E-state index contributed by atoms with van der Waals surface area (Å²) in [6, 6.07) is 0.715. The quantitative estimate of drug-likeness (QED) is 0.710. The van der Waals surface area contributed by atoms with Gasteiger partial charge < -0.3 is 5.32 Å². The number of allylic oxidation sites excluding steroid dienone is 1. The van der Waals surface area contributed by atoms with Gasteiger partial charge in [-0.05, 0) is 69.2 Å². The minimum absolute atomic E-state index is 0.715. The van der Waals surface area contributed by atoms with Crippen molar-refractivity contribution < 1.29 is 0 Å². The number of rotatable bonds is 5. The fourth-order valence-corrected chi connectivity index (χ4v) is 4.59. The molecule has 1 heteroatoms. The monoisotopic (exact) mass is 233 g/mol. The largest absolute Gasteiger partial charge is 0.311 e. The highest BCUT2D eigenvalue weighted by molar-refractivity contribution is 5.16. The molecule has 0 saturated heterocycles. The lowest BCUT2D eigenvalue weighted by atomic mass is 9.82. The van der Waals surface area contributed by atoms with Crippen molar-refractivity contribution >= 4 is 0 Å². The Morgan fingerprint density at radius 1 is 1.35 bits per heavy atom. The number of hydrogen-bond donors (Lipinski definition) is 1. The number of hydrogen-bond acceptors (Lipinski definition) is 1. The van der Waals surface area contributed by atoms with Crippen LogP contribution in [-0.2, 0) is 0 Å². The van der Waals surface area contributed by atoms with Gasteiger partial charge in [0.2, 0.25) is 0 Å². The van der Waals surface area contributed by atoms with Gasteiger partial charge in [-0.3, -0.25) is 0 Å². The fourth-order valence-electron chi connectivity index (χ4n) is 4.59. The molecule has 2 fully saturated rings. The standard InChI is InChI=1S/C16H27N/c1-2-17-16(13-5-3-4-6-13)11-15-10-12-7-8-14(15)9-12/h5,12,14-17H,2-4,6-11H2,1H3. The maximum atomic E-state index is 3.74. The Morgan fingerprint density at radius 3 is 2.88 bits per heavy atom. The number of likely N-dealkylation sites (N-methyl/N-ethyl adjacent to an activating group) is 1. The van der Waals surface area contributed by atoms with E-state index in [0.717, 1.165) is 24.3 Å². The lowest BCUT2D eigenvalue weighted by Gasteiger charge is -2.28. The molecule has 3 aliphatic carbocycles. The van der Waals surface area contributed by atoms with Gasteiger partial charge in [0, 0.05) is 6.04 Å². The van der Waals surface area contributed by atoms with Crippen LogP contribution in [0.25, 0.3) is 0 Å². The Kier molecular flexibility index (Phi) is 3.56. The molecule has 3 aliphatic rings. The van der Waals surface area contributed by atoms with Crippen LogP contribution in [0.15, 0.2) is 11.6 Å².